The molecule has 0 saturated heterocycles. The van der Waals surface area contributed by atoms with Crippen LogP contribution in [0.15, 0.2) is 42.5 Å². The van der Waals surface area contributed by atoms with Crippen LogP contribution in [0.4, 0.5) is 17.5 Å². The van der Waals surface area contributed by atoms with Gasteiger partial charge in [-0.05, 0) is 36.1 Å². The summed E-state index contributed by atoms with van der Waals surface area (Å²) in [7, 11) is 0. The number of benzene rings is 2. The molecular weight excluding hydrogens is 342 g/mol. The van der Waals surface area contributed by atoms with Crippen LogP contribution in [-0.2, 0) is 0 Å². The first kappa shape index (κ1) is 17.2. The lowest BCUT2D eigenvalue weighted by molar-refractivity contribution is -0.384. The monoisotopic (exact) mass is 363 g/mol. The molecule has 7 nitrogen and oxygen atoms in total. The number of nitrogens with one attached hydrogen (secondary N) is 1. The van der Waals surface area contributed by atoms with Crippen molar-refractivity contribution in [2.75, 3.05) is 11.1 Å². The number of nitrogens with two attached hydrogens (primary N) is 1. The molecule has 0 spiro atoms. The molecule has 0 radical (unpaired) electrons. The van der Waals surface area contributed by atoms with Crippen LogP contribution in [0.1, 0.15) is 32.1 Å². The van der Waals surface area contributed by atoms with E-state index in [0.29, 0.717) is 6.04 Å². The van der Waals surface area contributed by atoms with Crippen molar-refractivity contribution < 1.29 is 4.92 Å². The van der Waals surface area contributed by atoms with Crippen molar-refractivity contribution in [3.8, 4) is 11.1 Å². The van der Waals surface area contributed by atoms with Crippen molar-refractivity contribution in [3.05, 3.63) is 52.6 Å². The van der Waals surface area contributed by atoms with Gasteiger partial charge in [0.05, 0.1) is 10.4 Å². The Balaban J connectivity index is 1.76. The molecule has 0 bridgehead atoms. The average molecular weight is 363 g/mol. The van der Waals surface area contributed by atoms with E-state index in [1.54, 1.807) is 12.1 Å². The number of rotatable bonds is 4. The zero-order chi connectivity index (χ0) is 18.8. The van der Waals surface area contributed by atoms with Gasteiger partial charge in [0.15, 0.2) is 0 Å². The zero-order valence-corrected chi connectivity index (χ0v) is 14.9. The molecule has 138 valence electrons. The third-order valence-corrected chi connectivity index (χ3v) is 5.05. The topological polar surface area (TPSA) is 107 Å². The van der Waals surface area contributed by atoms with Crippen molar-refractivity contribution >= 4 is 28.4 Å². The van der Waals surface area contributed by atoms with Crippen molar-refractivity contribution in [3.63, 3.8) is 0 Å². The molecular formula is C20H21N5O2. The van der Waals surface area contributed by atoms with Crippen LogP contribution in [0.25, 0.3) is 22.0 Å². The third kappa shape index (κ3) is 3.67. The highest BCUT2D eigenvalue weighted by Gasteiger charge is 2.16. The molecule has 1 fully saturated rings. The average Bonchev–Trinajstić information content (AvgIpc) is 2.68. The van der Waals surface area contributed by atoms with E-state index < -0.39 is 0 Å². The molecule has 7 heteroatoms. The standard InChI is InChI=1S/C20H21N5O2/c21-20-23-18-10-9-14(13-5-4-8-16(11-13)25(26)27)12-17(18)19(24-20)22-15-6-2-1-3-7-15/h4-5,8-12,15H,1-3,6-7H2,(H3,21,22,23,24). The highest BCUT2D eigenvalue weighted by Crippen LogP contribution is 2.31. The normalized spacial score (nSPS) is 15.0. The predicted octanol–water partition coefficient (Wildman–Crippen LogP) is 4.53. The van der Waals surface area contributed by atoms with Crippen molar-refractivity contribution in [2.45, 2.75) is 38.1 Å². The van der Waals surface area contributed by atoms with Crippen LogP contribution in [0, 0.1) is 10.1 Å². The van der Waals surface area contributed by atoms with Crippen molar-refractivity contribution in [2.24, 2.45) is 0 Å². The minimum absolute atomic E-state index is 0.0710. The molecule has 1 aromatic heterocycles. The summed E-state index contributed by atoms with van der Waals surface area (Å²) in [6.45, 7) is 0. The molecule has 4 rings (SSSR count). The number of non-ortho nitro benzene ring substituents is 1. The lowest BCUT2D eigenvalue weighted by atomic mass is 9.95. The molecule has 1 saturated carbocycles. The van der Waals surface area contributed by atoms with E-state index in [9.17, 15) is 10.1 Å². The number of hydrogen-bond donors (Lipinski definition) is 2. The van der Waals surface area contributed by atoms with Gasteiger partial charge < -0.3 is 11.1 Å². The summed E-state index contributed by atoms with van der Waals surface area (Å²) in [4.78, 5) is 19.4. The Hall–Kier alpha value is -3.22. The highest BCUT2D eigenvalue weighted by molar-refractivity contribution is 5.93. The zero-order valence-electron chi connectivity index (χ0n) is 14.9. The van der Waals surface area contributed by atoms with Gasteiger partial charge in [-0.3, -0.25) is 10.1 Å². The number of nitro groups is 1. The minimum atomic E-state index is -0.385. The van der Waals surface area contributed by atoms with E-state index in [0.717, 1.165) is 40.7 Å². The summed E-state index contributed by atoms with van der Waals surface area (Å²) in [5.74, 6) is 0.973. The van der Waals surface area contributed by atoms with E-state index in [4.69, 9.17) is 5.73 Å². The number of anilines is 2. The first-order chi connectivity index (χ1) is 13.1. The maximum Gasteiger partial charge on any atom is 0.270 e. The fraction of sp³-hybridized carbons (Fsp3) is 0.300. The highest BCUT2D eigenvalue weighted by atomic mass is 16.6. The summed E-state index contributed by atoms with van der Waals surface area (Å²) in [5, 5.41) is 15.5. The van der Waals surface area contributed by atoms with E-state index in [2.05, 4.69) is 15.3 Å². The molecule has 1 aliphatic carbocycles. The van der Waals surface area contributed by atoms with Gasteiger partial charge in [0.2, 0.25) is 5.95 Å². The van der Waals surface area contributed by atoms with Crippen LogP contribution in [-0.4, -0.2) is 20.9 Å². The van der Waals surface area contributed by atoms with Gasteiger partial charge in [-0.25, -0.2) is 4.98 Å². The molecule has 1 heterocycles. The fourth-order valence-electron chi connectivity index (χ4n) is 3.68. The molecule has 3 aromatic rings. The lowest BCUT2D eigenvalue weighted by Gasteiger charge is -2.24. The predicted molar refractivity (Wildman–Crippen MR) is 107 cm³/mol. The van der Waals surface area contributed by atoms with Crippen LogP contribution < -0.4 is 11.1 Å². The summed E-state index contributed by atoms with van der Waals surface area (Å²) in [6, 6.07) is 12.8. The van der Waals surface area contributed by atoms with Gasteiger partial charge in [-0.2, -0.15) is 4.98 Å². The molecule has 1 aliphatic rings. The van der Waals surface area contributed by atoms with Gasteiger partial charge in [-0.1, -0.05) is 37.5 Å². The Kier molecular flexibility index (Phi) is 4.58. The molecule has 3 N–H and O–H groups in total. The Morgan fingerprint density at radius 2 is 1.81 bits per heavy atom. The summed E-state index contributed by atoms with van der Waals surface area (Å²) in [6.07, 6.45) is 5.96. The van der Waals surface area contributed by atoms with E-state index in [1.165, 1.54) is 25.3 Å². The Bertz CT molecular complexity index is 999. The molecule has 0 atom stereocenters. The van der Waals surface area contributed by atoms with E-state index >= 15 is 0 Å². The van der Waals surface area contributed by atoms with Crippen LogP contribution in [0.2, 0.25) is 0 Å². The number of nitrogen functional groups attached to an aromatic ring is 1. The van der Waals surface area contributed by atoms with Gasteiger partial charge in [0.25, 0.3) is 5.69 Å². The lowest BCUT2D eigenvalue weighted by Crippen LogP contribution is -2.23. The maximum atomic E-state index is 11.1. The summed E-state index contributed by atoms with van der Waals surface area (Å²) in [5.41, 5.74) is 8.39. The summed E-state index contributed by atoms with van der Waals surface area (Å²) < 4.78 is 0. The van der Waals surface area contributed by atoms with E-state index in [1.807, 2.05) is 24.3 Å². The Morgan fingerprint density at radius 3 is 2.59 bits per heavy atom. The Labute approximate surface area is 156 Å². The molecule has 0 aliphatic heterocycles. The third-order valence-electron chi connectivity index (χ3n) is 5.05. The second-order valence-corrected chi connectivity index (χ2v) is 6.95. The number of nitrogens with zero attached hydrogens (tertiary/aromatic N) is 3. The SMILES string of the molecule is Nc1nc(NC2CCCCC2)c2cc(-c3cccc([N+](=O)[O-])c3)ccc2n1. The summed E-state index contributed by atoms with van der Waals surface area (Å²) >= 11 is 0. The number of aromatic nitrogens is 2. The van der Waals surface area contributed by atoms with Crippen LogP contribution >= 0.6 is 0 Å². The van der Waals surface area contributed by atoms with Gasteiger partial charge >= 0.3 is 0 Å². The second kappa shape index (κ2) is 7.19. The fourth-order valence-corrected chi connectivity index (χ4v) is 3.68. The largest absolute Gasteiger partial charge is 0.368 e. The molecule has 27 heavy (non-hydrogen) atoms. The van der Waals surface area contributed by atoms with Crippen molar-refractivity contribution in [1.82, 2.24) is 9.97 Å². The number of hydrogen-bond acceptors (Lipinski definition) is 6. The molecule has 0 amide bonds. The molecule has 0 unspecified atom stereocenters. The Morgan fingerprint density at radius 1 is 1.04 bits per heavy atom. The van der Waals surface area contributed by atoms with Crippen molar-refractivity contribution in [1.29, 1.82) is 0 Å². The second-order valence-electron chi connectivity index (χ2n) is 6.95. The van der Waals surface area contributed by atoms with Crippen LogP contribution in [0.3, 0.4) is 0 Å². The maximum absolute atomic E-state index is 11.1. The van der Waals surface area contributed by atoms with E-state index in [-0.39, 0.29) is 16.6 Å². The van der Waals surface area contributed by atoms with Crippen LogP contribution in [0.5, 0.6) is 0 Å². The quantitative estimate of drug-likeness (QED) is 0.521. The number of nitro benzene ring substituents is 1. The first-order valence-corrected chi connectivity index (χ1v) is 9.19. The first-order valence-electron chi connectivity index (χ1n) is 9.19. The van der Waals surface area contributed by atoms with Gasteiger partial charge in [-0.15, -0.1) is 0 Å². The van der Waals surface area contributed by atoms with Gasteiger partial charge in [0.1, 0.15) is 5.82 Å². The molecule has 2 aromatic carbocycles. The number of fused-ring (bicyclic) bond motifs is 1. The van der Waals surface area contributed by atoms with Gasteiger partial charge in [0, 0.05) is 23.6 Å². The minimum Gasteiger partial charge on any atom is -0.368 e. The smallest absolute Gasteiger partial charge is 0.270 e.